The Labute approximate surface area is 203 Å². The number of aliphatic carboxylic acids is 1. The van der Waals surface area contributed by atoms with Crippen LogP contribution in [-0.4, -0.2) is 59.4 Å². The van der Waals surface area contributed by atoms with Crippen LogP contribution in [0.3, 0.4) is 0 Å². The van der Waals surface area contributed by atoms with Gasteiger partial charge in [0.05, 0.1) is 38.1 Å². The van der Waals surface area contributed by atoms with Crippen molar-refractivity contribution < 1.29 is 29.6 Å². The molecule has 0 radical (unpaired) electrons. The van der Waals surface area contributed by atoms with E-state index < -0.39 is 12.1 Å². The van der Waals surface area contributed by atoms with Crippen LogP contribution in [0, 0.1) is 0 Å². The lowest BCUT2D eigenvalue weighted by molar-refractivity contribution is -0.137. The molecule has 196 valence electrons. The smallest absolute Gasteiger partial charge is 0.303 e. The highest BCUT2D eigenvalue weighted by molar-refractivity contribution is 5.66. The third kappa shape index (κ3) is 33.0. The lowest BCUT2D eigenvalue weighted by Gasteiger charge is -2.16. The van der Waals surface area contributed by atoms with E-state index in [1.165, 1.54) is 44.9 Å². The van der Waals surface area contributed by atoms with Crippen LogP contribution in [0.2, 0.25) is 0 Å². The van der Waals surface area contributed by atoms with Crippen molar-refractivity contribution in [3.8, 4) is 0 Å². The highest BCUT2D eigenvalue weighted by atomic mass is 16.5. The van der Waals surface area contributed by atoms with Crippen molar-refractivity contribution in [2.45, 2.75) is 123 Å². The van der Waals surface area contributed by atoms with Gasteiger partial charge in [-0.1, -0.05) is 63.3 Å². The first kappa shape index (κ1) is 34.0. The van der Waals surface area contributed by atoms with Gasteiger partial charge in [-0.3, -0.25) is 4.79 Å². The molecule has 0 rings (SSSR count). The summed E-state index contributed by atoms with van der Waals surface area (Å²) in [6.45, 7) is 8.34. The molecular weight excluding hydrogens is 420 g/mol. The molecule has 6 nitrogen and oxygen atoms in total. The highest BCUT2D eigenvalue weighted by Gasteiger charge is 2.07. The minimum absolute atomic E-state index is 0.0170. The molecule has 0 aliphatic carbocycles. The average molecular weight is 473 g/mol. The number of carboxylic acid groups (broad SMARTS) is 1. The Bertz CT molecular complexity index is 462. The molecule has 0 aromatic rings. The zero-order valence-electron chi connectivity index (χ0n) is 21.7. The van der Waals surface area contributed by atoms with Crippen molar-refractivity contribution in [2.75, 3.05) is 19.8 Å². The van der Waals surface area contributed by atoms with Crippen LogP contribution in [0.4, 0.5) is 0 Å². The molecule has 0 heterocycles. The molecule has 0 saturated heterocycles. The van der Waals surface area contributed by atoms with Gasteiger partial charge in [-0.05, 0) is 59.3 Å². The first-order valence-electron chi connectivity index (χ1n) is 12.9. The number of unbranched alkanes of at least 4 members (excludes halogenated alkanes) is 8. The molecule has 0 saturated carbocycles. The van der Waals surface area contributed by atoms with Crippen LogP contribution in [0.5, 0.6) is 0 Å². The molecular formula is C27H52O6. The fraction of sp³-hybridized carbons (Fsp3) is 0.815. The zero-order chi connectivity index (χ0) is 25.2. The molecule has 0 aliphatic heterocycles. The van der Waals surface area contributed by atoms with Crippen molar-refractivity contribution in [1.82, 2.24) is 0 Å². The summed E-state index contributed by atoms with van der Waals surface area (Å²) in [7, 11) is 0. The topological polar surface area (TPSA) is 96.2 Å². The monoisotopic (exact) mass is 472 g/mol. The van der Waals surface area contributed by atoms with Crippen molar-refractivity contribution in [3.05, 3.63) is 24.3 Å². The van der Waals surface area contributed by atoms with E-state index in [1.807, 2.05) is 6.92 Å². The van der Waals surface area contributed by atoms with E-state index in [2.05, 4.69) is 31.2 Å². The Kier molecular flexibility index (Phi) is 27.8. The number of aliphatic hydroxyl groups is 2. The van der Waals surface area contributed by atoms with Gasteiger partial charge in [0.1, 0.15) is 0 Å². The fourth-order valence-electron chi connectivity index (χ4n) is 2.79. The van der Waals surface area contributed by atoms with Crippen LogP contribution >= 0.6 is 0 Å². The number of hydrogen-bond donors (Lipinski definition) is 3. The predicted octanol–water partition coefficient (Wildman–Crippen LogP) is 6.05. The summed E-state index contributed by atoms with van der Waals surface area (Å²) >= 11 is 0. The van der Waals surface area contributed by atoms with E-state index in [9.17, 15) is 4.79 Å². The summed E-state index contributed by atoms with van der Waals surface area (Å²) < 4.78 is 10.5. The molecule has 3 unspecified atom stereocenters. The van der Waals surface area contributed by atoms with Gasteiger partial charge in [0.15, 0.2) is 0 Å². The molecule has 0 amide bonds. The van der Waals surface area contributed by atoms with Gasteiger partial charge >= 0.3 is 5.97 Å². The van der Waals surface area contributed by atoms with Crippen LogP contribution in [0.25, 0.3) is 0 Å². The van der Waals surface area contributed by atoms with Gasteiger partial charge in [0, 0.05) is 6.42 Å². The number of hydrogen-bond acceptors (Lipinski definition) is 5. The Balaban J connectivity index is 0. The molecule has 3 atom stereocenters. The lowest BCUT2D eigenvalue weighted by Crippen LogP contribution is -2.24. The number of ether oxygens (including phenoxy) is 2. The number of carbonyl (C=O) groups is 1. The first-order valence-corrected chi connectivity index (χ1v) is 12.9. The summed E-state index contributed by atoms with van der Waals surface area (Å²) in [5.41, 5.74) is 0. The number of rotatable bonds is 21. The Morgan fingerprint density at radius 3 is 1.88 bits per heavy atom. The van der Waals surface area contributed by atoms with Gasteiger partial charge < -0.3 is 24.8 Å². The van der Waals surface area contributed by atoms with Gasteiger partial charge in [0.2, 0.25) is 0 Å². The third-order valence-corrected chi connectivity index (χ3v) is 4.84. The summed E-state index contributed by atoms with van der Waals surface area (Å²) in [6.07, 6.45) is 21.6. The maximum atomic E-state index is 10.3. The maximum absolute atomic E-state index is 10.3. The molecule has 0 spiro atoms. The van der Waals surface area contributed by atoms with Crippen molar-refractivity contribution >= 4 is 5.97 Å². The number of aliphatic hydroxyl groups excluding tert-OH is 2. The van der Waals surface area contributed by atoms with Crippen LogP contribution in [0.1, 0.15) is 105 Å². The second-order valence-corrected chi connectivity index (χ2v) is 8.69. The van der Waals surface area contributed by atoms with E-state index in [-0.39, 0.29) is 18.8 Å². The maximum Gasteiger partial charge on any atom is 0.303 e. The van der Waals surface area contributed by atoms with Crippen molar-refractivity contribution in [1.29, 1.82) is 0 Å². The molecule has 0 aliphatic rings. The standard InChI is InChI=1S/C18H32O2.C9H20O4/c1-2-3-4-5-6-7-8-9-10-11-12-13-14-15-16-17-18(19)20;1-7(11)5-12-9(3)6-13-8(2)4-10/h6-7,9-10H,2-5,8,11-17H2,1H3,(H,19,20);7-11H,4-6H2,1-3H3. The highest BCUT2D eigenvalue weighted by Crippen LogP contribution is 2.08. The third-order valence-electron chi connectivity index (χ3n) is 4.84. The average Bonchev–Trinajstić information content (AvgIpc) is 2.78. The lowest BCUT2D eigenvalue weighted by atomic mass is 10.1. The van der Waals surface area contributed by atoms with Gasteiger partial charge in [-0.25, -0.2) is 0 Å². The molecule has 0 bridgehead atoms. The minimum atomic E-state index is -0.671. The van der Waals surface area contributed by atoms with Gasteiger partial charge in [-0.15, -0.1) is 0 Å². The summed E-state index contributed by atoms with van der Waals surface area (Å²) in [6, 6.07) is 0. The Morgan fingerprint density at radius 2 is 1.33 bits per heavy atom. The largest absolute Gasteiger partial charge is 0.481 e. The van der Waals surface area contributed by atoms with E-state index in [4.69, 9.17) is 24.8 Å². The molecule has 33 heavy (non-hydrogen) atoms. The summed E-state index contributed by atoms with van der Waals surface area (Å²) in [4.78, 5) is 10.3. The van der Waals surface area contributed by atoms with Crippen LogP contribution < -0.4 is 0 Å². The van der Waals surface area contributed by atoms with Gasteiger partial charge in [-0.2, -0.15) is 0 Å². The van der Waals surface area contributed by atoms with Crippen molar-refractivity contribution in [3.63, 3.8) is 0 Å². The van der Waals surface area contributed by atoms with Crippen molar-refractivity contribution in [2.24, 2.45) is 0 Å². The quantitative estimate of drug-likeness (QED) is 0.139. The summed E-state index contributed by atoms with van der Waals surface area (Å²) in [5.74, 6) is -0.671. The zero-order valence-corrected chi connectivity index (χ0v) is 21.7. The second kappa shape index (κ2) is 27.0. The van der Waals surface area contributed by atoms with Crippen LogP contribution in [-0.2, 0) is 14.3 Å². The normalized spacial score (nSPS) is 14.2. The Morgan fingerprint density at radius 1 is 0.788 bits per heavy atom. The molecule has 6 heteroatoms. The first-order chi connectivity index (χ1) is 15.8. The second-order valence-electron chi connectivity index (χ2n) is 8.69. The van der Waals surface area contributed by atoms with E-state index >= 15 is 0 Å². The molecule has 3 N–H and O–H groups in total. The molecule has 0 aromatic carbocycles. The molecule has 0 fully saturated rings. The number of allylic oxidation sites excluding steroid dienone is 4. The SMILES string of the molecule is CC(O)COC(C)COC(C)CO.CCCCCC=CCC=CCCCCCCCC(=O)O. The Hall–Kier alpha value is -1.21. The van der Waals surface area contributed by atoms with E-state index in [0.29, 0.717) is 19.6 Å². The van der Waals surface area contributed by atoms with E-state index in [0.717, 1.165) is 25.7 Å². The fourth-order valence-corrected chi connectivity index (χ4v) is 2.79. The van der Waals surface area contributed by atoms with Gasteiger partial charge in [0.25, 0.3) is 0 Å². The van der Waals surface area contributed by atoms with Crippen LogP contribution in [0.15, 0.2) is 24.3 Å². The number of carboxylic acids is 1. The summed E-state index contributed by atoms with van der Waals surface area (Å²) in [5, 5.41) is 26.1. The minimum Gasteiger partial charge on any atom is -0.481 e. The molecule has 0 aromatic heterocycles. The predicted molar refractivity (Wildman–Crippen MR) is 137 cm³/mol. The van der Waals surface area contributed by atoms with E-state index in [1.54, 1.807) is 13.8 Å².